The van der Waals surface area contributed by atoms with Crippen LogP contribution in [0.5, 0.6) is 0 Å². The van der Waals surface area contributed by atoms with Crippen molar-refractivity contribution in [2.24, 2.45) is 11.8 Å². The molecule has 84 valence electrons. The van der Waals surface area contributed by atoms with E-state index in [0.717, 1.165) is 17.7 Å². The van der Waals surface area contributed by atoms with Crippen molar-refractivity contribution in [3.05, 3.63) is 12.3 Å². The number of rotatable bonds is 3. The number of hydrogen-bond acceptors (Lipinski definition) is 3. The highest BCUT2D eigenvalue weighted by Gasteiger charge is 2.25. The molecule has 1 heterocycles. The first-order valence-electron chi connectivity index (χ1n) is 6.01. The minimum absolute atomic E-state index is 0.524. The minimum atomic E-state index is 0.524. The highest BCUT2D eigenvalue weighted by Crippen LogP contribution is 2.37. The van der Waals surface area contributed by atoms with Crippen LogP contribution in [0.15, 0.2) is 10.8 Å². The van der Waals surface area contributed by atoms with Crippen LogP contribution in [0.1, 0.15) is 57.8 Å². The molecule has 1 fully saturated rings. The van der Waals surface area contributed by atoms with Gasteiger partial charge in [0.1, 0.15) is 0 Å². The van der Waals surface area contributed by atoms with Crippen LogP contribution < -0.4 is 0 Å². The summed E-state index contributed by atoms with van der Waals surface area (Å²) in [5.74, 6) is 3.12. The van der Waals surface area contributed by atoms with Crippen molar-refractivity contribution in [2.45, 2.75) is 51.9 Å². The van der Waals surface area contributed by atoms with Crippen molar-refractivity contribution >= 4 is 0 Å². The summed E-state index contributed by atoms with van der Waals surface area (Å²) in [4.78, 5) is 0. The number of aromatic nitrogens is 2. The maximum Gasteiger partial charge on any atom is 0.219 e. The van der Waals surface area contributed by atoms with E-state index in [1.165, 1.54) is 38.5 Å². The van der Waals surface area contributed by atoms with Crippen molar-refractivity contribution in [1.82, 2.24) is 10.2 Å². The quantitative estimate of drug-likeness (QED) is 0.764. The molecule has 1 saturated carbocycles. The van der Waals surface area contributed by atoms with Crippen molar-refractivity contribution in [3.63, 3.8) is 0 Å². The van der Waals surface area contributed by atoms with Gasteiger partial charge < -0.3 is 4.42 Å². The second-order valence-electron chi connectivity index (χ2n) is 5.12. The molecule has 3 heteroatoms. The Bertz CT molecular complexity index is 274. The SMILES string of the molecule is CC(C)CC1CCC(c2nnco2)CC1. The summed E-state index contributed by atoms with van der Waals surface area (Å²) in [5, 5.41) is 7.76. The van der Waals surface area contributed by atoms with Crippen LogP contribution in [0.3, 0.4) is 0 Å². The maximum absolute atomic E-state index is 5.27. The third-order valence-corrected chi connectivity index (χ3v) is 3.38. The predicted octanol–water partition coefficient (Wildman–Crippen LogP) is 3.39. The molecule has 0 amide bonds. The molecule has 1 aliphatic carbocycles. The molecule has 0 aliphatic heterocycles. The van der Waals surface area contributed by atoms with Gasteiger partial charge in [0.2, 0.25) is 12.3 Å². The van der Waals surface area contributed by atoms with Crippen LogP contribution in [-0.4, -0.2) is 10.2 Å². The molecule has 0 spiro atoms. The summed E-state index contributed by atoms with van der Waals surface area (Å²) < 4.78 is 5.27. The Morgan fingerprint density at radius 2 is 2.07 bits per heavy atom. The van der Waals surface area contributed by atoms with Gasteiger partial charge in [-0.25, -0.2) is 0 Å². The Morgan fingerprint density at radius 3 is 2.60 bits per heavy atom. The molecule has 0 N–H and O–H groups in total. The zero-order valence-corrected chi connectivity index (χ0v) is 9.65. The van der Waals surface area contributed by atoms with E-state index in [4.69, 9.17) is 4.42 Å². The Balaban J connectivity index is 1.82. The summed E-state index contributed by atoms with van der Waals surface area (Å²) in [7, 11) is 0. The van der Waals surface area contributed by atoms with Gasteiger partial charge >= 0.3 is 0 Å². The average molecular weight is 208 g/mol. The van der Waals surface area contributed by atoms with Gasteiger partial charge in [0, 0.05) is 5.92 Å². The standard InChI is InChI=1S/C12H20N2O/c1-9(2)7-10-3-5-11(6-4-10)12-14-13-8-15-12/h8-11H,3-7H2,1-2H3. The van der Waals surface area contributed by atoms with Crippen molar-refractivity contribution in [3.8, 4) is 0 Å². The second kappa shape index (κ2) is 4.77. The van der Waals surface area contributed by atoms with Gasteiger partial charge in [0.25, 0.3) is 0 Å². The van der Waals surface area contributed by atoms with Crippen LogP contribution in [0, 0.1) is 11.8 Å². The molecule has 0 saturated heterocycles. The highest BCUT2D eigenvalue weighted by molar-refractivity contribution is 4.91. The monoisotopic (exact) mass is 208 g/mol. The fraction of sp³-hybridized carbons (Fsp3) is 0.833. The van der Waals surface area contributed by atoms with Gasteiger partial charge in [-0.3, -0.25) is 0 Å². The molecule has 0 bridgehead atoms. The van der Waals surface area contributed by atoms with Gasteiger partial charge in [-0.15, -0.1) is 10.2 Å². The summed E-state index contributed by atoms with van der Waals surface area (Å²) in [6.45, 7) is 4.62. The lowest BCUT2D eigenvalue weighted by Crippen LogP contribution is -2.15. The molecule has 0 unspecified atom stereocenters. The largest absolute Gasteiger partial charge is 0.428 e. The normalized spacial score (nSPS) is 27.1. The van der Waals surface area contributed by atoms with Crippen LogP contribution in [0.2, 0.25) is 0 Å². The molecule has 0 atom stereocenters. The maximum atomic E-state index is 5.27. The van der Waals surface area contributed by atoms with Gasteiger partial charge in [-0.2, -0.15) is 0 Å². The smallest absolute Gasteiger partial charge is 0.219 e. The minimum Gasteiger partial charge on any atom is -0.428 e. The first-order chi connectivity index (χ1) is 7.25. The van der Waals surface area contributed by atoms with Crippen molar-refractivity contribution in [1.29, 1.82) is 0 Å². The summed E-state index contributed by atoms with van der Waals surface area (Å²) >= 11 is 0. The van der Waals surface area contributed by atoms with Gasteiger partial charge in [-0.05, 0) is 43.9 Å². The second-order valence-corrected chi connectivity index (χ2v) is 5.12. The third-order valence-electron chi connectivity index (χ3n) is 3.38. The molecule has 0 aromatic carbocycles. The third kappa shape index (κ3) is 2.80. The molecule has 3 nitrogen and oxygen atoms in total. The van der Waals surface area contributed by atoms with Gasteiger partial charge in [0.05, 0.1) is 0 Å². The summed E-state index contributed by atoms with van der Waals surface area (Å²) in [6, 6.07) is 0. The Hall–Kier alpha value is -0.860. The fourth-order valence-corrected chi connectivity index (χ4v) is 2.67. The lowest BCUT2D eigenvalue weighted by molar-refractivity contribution is 0.261. The topological polar surface area (TPSA) is 38.9 Å². The van der Waals surface area contributed by atoms with E-state index in [1.807, 2.05) is 0 Å². The lowest BCUT2D eigenvalue weighted by atomic mass is 9.78. The van der Waals surface area contributed by atoms with E-state index >= 15 is 0 Å². The highest BCUT2D eigenvalue weighted by atomic mass is 16.4. The molecule has 0 radical (unpaired) electrons. The van der Waals surface area contributed by atoms with E-state index in [0.29, 0.717) is 5.92 Å². The van der Waals surface area contributed by atoms with E-state index in [-0.39, 0.29) is 0 Å². The Kier molecular flexibility index (Phi) is 3.39. The van der Waals surface area contributed by atoms with E-state index < -0.39 is 0 Å². The fourth-order valence-electron chi connectivity index (χ4n) is 2.67. The van der Waals surface area contributed by atoms with E-state index in [2.05, 4.69) is 24.0 Å². The number of nitrogens with zero attached hydrogens (tertiary/aromatic N) is 2. The average Bonchev–Trinajstić information content (AvgIpc) is 2.71. The van der Waals surface area contributed by atoms with Crippen LogP contribution in [-0.2, 0) is 0 Å². The van der Waals surface area contributed by atoms with Crippen LogP contribution >= 0.6 is 0 Å². The van der Waals surface area contributed by atoms with Crippen molar-refractivity contribution in [2.75, 3.05) is 0 Å². The van der Waals surface area contributed by atoms with Crippen LogP contribution in [0.4, 0.5) is 0 Å². The molecule has 15 heavy (non-hydrogen) atoms. The molecule has 1 aliphatic rings. The zero-order valence-electron chi connectivity index (χ0n) is 9.65. The molecular weight excluding hydrogens is 188 g/mol. The van der Waals surface area contributed by atoms with Crippen LogP contribution in [0.25, 0.3) is 0 Å². The molecular formula is C12H20N2O. The summed E-state index contributed by atoms with van der Waals surface area (Å²) in [5.41, 5.74) is 0. The molecule has 2 rings (SSSR count). The summed E-state index contributed by atoms with van der Waals surface area (Å²) in [6.07, 6.45) is 7.90. The zero-order chi connectivity index (χ0) is 10.7. The van der Waals surface area contributed by atoms with Crippen molar-refractivity contribution < 1.29 is 4.42 Å². The molecule has 1 aromatic heterocycles. The lowest BCUT2D eigenvalue weighted by Gasteiger charge is -2.27. The van der Waals surface area contributed by atoms with Gasteiger partial charge in [0.15, 0.2) is 0 Å². The van der Waals surface area contributed by atoms with E-state index in [1.54, 1.807) is 0 Å². The number of hydrogen-bond donors (Lipinski definition) is 0. The van der Waals surface area contributed by atoms with Gasteiger partial charge in [-0.1, -0.05) is 13.8 Å². The predicted molar refractivity (Wildman–Crippen MR) is 58.5 cm³/mol. The molecule has 1 aromatic rings. The Labute approximate surface area is 91.3 Å². The first-order valence-corrected chi connectivity index (χ1v) is 6.01. The van der Waals surface area contributed by atoms with E-state index in [9.17, 15) is 0 Å². The Morgan fingerprint density at radius 1 is 1.33 bits per heavy atom. The first kappa shape index (κ1) is 10.7.